The average Bonchev–Trinajstić information content (AvgIpc) is 3.23. The smallest absolute Gasteiger partial charge is 0.222 e. The second-order valence-corrected chi connectivity index (χ2v) is 10.5. The molecule has 0 spiro atoms. The summed E-state index contributed by atoms with van der Waals surface area (Å²) < 4.78 is 47.0. The zero-order valence-corrected chi connectivity index (χ0v) is 26.3. The number of ether oxygens (including phenoxy) is 8. The highest BCUT2D eigenvalue weighted by Crippen LogP contribution is 2.36. The van der Waals surface area contributed by atoms with Gasteiger partial charge < -0.3 is 37.9 Å². The lowest BCUT2D eigenvalue weighted by Crippen LogP contribution is -2.36. The van der Waals surface area contributed by atoms with Gasteiger partial charge >= 0.3 is 0 Å². The Balaban J connectivity index is 0.000000181. The fourth-order valence-corrected chi connectivity index (χ4v) is 5.33. The van der Waals surface area contributed by atoms with Gasteiger partial charge in [-0.25, -0.2) is 0 Å². The molecule has 0 bridgehead atoms. The Bertz CT molecular complexity index is 1140. The Hall–Kier alpha value is -3.44. The Kier molecular flexibility index (Phi) is 13.7. The van der Waals surface area contributed by atoms with Crippen LogP contribution < -0.4 is 0 Å². The van der Waals surface area contributed by atoms with Crippen molar-refractivity contribution in [2.75, 3.05) is 79.3 Å². The molecule has 2 heterocycles. The van der Waals surface area contributed by atoms with Crippen LogP contribution in [-0.4, -0.2) is 79.3 Å². The number of hydrogen-bond acceptors (Lipinski definition) is 8. The Morgan fingerprint density at radius 1 is 0.261 bits per heavy atom. The van der Waals surface area contributed by atoms with Gasteiger partial charge in [0.25, 0.3) is 0 Å². The van der Waals surface area contributed by atoms with E-state index in [0.717, 1.165) is 22.3 Å². The summed E-state index contributed by atoms with van der Waals surface area (Å²) >= 11 is 0. The van der Waals surface area contributed by atoms with Gasteiger partial charge in [0.2, 0.25) is 11.6 Å². The largest absolute Gasteiger partial charge is 0.377 e. The summed E-state index contributed by atoms with van der Waals surface area (Å²) in [7, 11) is 0. The lowest BCUT2D eigenvalue weighted by Gasteiger charge is -2.34. The standard InChI is InChI=1S/2C19H22O4/c2*1-3-7-17(8-4-1)19(18-9-5-2-6-10-18)22-15-13-20-11-12-21-14-16-23-19/h2*1-10H,11-16H2. The van der Waals surface area contributed by atoms with E-state index in [1.807, 2.05) is 121 Å². The third-order valence-electron chi connectivity index (χ3n) is 7.49. The summed E-state index contributed by atoms with van der Waals surface area (Å²) in [5.41, 5.74) is 3.85. The van der Waals surface area contributed by atoms with Gasteiger partial charge in [-0.3, -0.25) is 0 Å². The van der Waals surface area contributed by atoms with Gasteiger partial charge in [0.1, 0.15) is 0 Å². The van der Waals surface area contributed by atoms with Crippen molar-refractivity contribution in [1.82, 2.24) is 0 Å². The fourth-order valence-electron chi connectivity index (χ4n) is 5.33. The van der Waals surface area contributed by atoms with Gasteiger partial charge in [0, 0.05) is 22.3 Å². The fraction of sp³-hybridized carbons (Fsp3) is 0.368. The van der Waals surface area contributed by atoms with Crippen LogP contribution in [-0.2, 0) is 49.5 Å². The second kappa shape index (κ2) is 18.6. The van der Waals surface area contributed by atoms with E-state index in [1.54, 1.807) is 0 Å². The molecule has 2 fully saturated rings. The molecule has 0 aromatic heterocycles. The highest BCUT2D eigenvalue weighted by molar-refractivity contribution is 5.35. The van der Waals surface area contributed by atoms with Crippen LogP contribution in [0.25, 0.3) is 0 Å². The molecule has 0 amide bonds. The summed E-state index contributed by atoms with van der Waals surface area (Å²) in [6.07, 6.45) is 0. The molecule has 4 aromatic rings. The summed E-state index contributed by atoms with van der Waals surface area (Å²) in [6, 6.07) is 40.0. The van der Waals surface area contributed by atoms with Crippen LogP contribution in [0, 0.1) is 0 Å². The maximum absolute atomic E-state index is 6.23. The van der Waals surface area contributed by atoms with Crippen molar-refractivity contribution in [3.63, 3.8) is 0 Å². The first kappa shape index (κ1) is 33.9. The van der Waals surface area contributed by atoms with Gasteiger partial charge in [-0.05, 0) is 0 Å². The van der Waals surface area contributed by atoms with Crippen LogP contribution in [0.15, 0.2) is 121 Å². The van der Waals surface area contributed by atoms with Crippen LogP contribution in [0.3, 0.4) is 0 Å². The van der Waals surface area contributed by atoms with Crippen LogP contribution in [0.1, 0.15) is 22.3 Å². The van der Waals surface area contributed by atoms with E-state index in [1.165, 1.54) is 0 Å². The lowest BCUT2D eigenvalue weighted by molar-refractivity contribution is -0.224. The Labute approximate surface area is 272 Å². The molecule has 0 atom stereocenters. The van der Waals surface area contributed by atoms with Gasteiger partial charge in [-0.1, -0.05) is 121 Å². The van der Waals surface area contributed by atoms with Crippen LogP contribution in [0.2, 0.25) is 0 Å². The summed E-state index contributed by atoms with van der Waals surface area (Å²) in [5.74, 6) is -1.89. The monoisotopic (exact) mass is 628 g/mol. The zero-order chi connectivity index (χ0) is 31.6. The molecule has 2 aliphatic rings. The third kappa shape index (κ3) is 9.31. The van der Waals surface area contributed by atoms with Crippen molar-refractivity contribution in [3.05, 3.63) is 144 Å². The van der Waals surface area contributed by atoms with Crippen molar-refractivity contribution < 1.29 is 37.9 Å². The third-order valence-corrected chi connectivity index (χ3v) is 7.49. The average molecular weight is 629 g/mol. The van der Waals surface area contributed by atoms with E-state index in [0.29, 0.717) is 79.3 Å². The molecule has 0 saturated carbocycles. The number of rotatable bonds is 4. The minimum absolute atomic E-state index is 0.448. The van der Waals surface area contributed by atoms with Crippen molar-refractivity contribution in [2.24, 2.45) is 0 Å². The number of hydrogen-bond donors (Lipinski definition) is 0. The molecule has 4 aromatic carbocycles. The number of benzene rings is 4. The topological polar surface area (TPSA) is 73.8 Å². The highest BCUT2D eigenvalue weighted by atomic mass is 16.7. The van der Waals surface area contributed by atoms with Crippen LogP contribution in [0.5, 0.6) is 0 Å². The minimum atomic E-state index is -0.945. The molecular weight excluding hydrogens is 584 g/mol. The van der Waals surface area contributed by atoms with E-state index in [2.05, 4.69) is 0 Å². The molecule has 8 nitrogen and oxygen atoms in total. The molecular formula is C38H44O8. The maximum atomic E-state index is 6.23. The van der Waals surface area contributed by atoms with E-state index < -0.39 is 11.6 Å². The first-order valence-electron chi connectivity index (χ1n) is 15.9. The molecule has 0 aliphatic carbocycles. The normalized spacial score (nSPS) is 19.7. The SMILES string of the molecule is c1ccc(C2(c3ccccc3)OCCOCCOCCO2)cc1.c1ccc(C2(c3ccccc3)OCCOCCOCCO2)cc1. The predicted octanol–water partition coefficient (Wildman–Crippen LogP) is 5.94. The quantitative estimate of drug-likeness (QED) is 0.275. The van der Waals surface area contributed by atoms with Crippen LogP contribution in [0.4, 0.5) is 0 Å². The Morgan fingerprint density at radius 3 is 0.674 bits per heavy atom. The van der Waals surface area contributed by atoms with Gasteiger partial charge in [0.15, 0.2) is 0 Å². The predicted molar refractivity (Wildman–Crippen MR) is 174 cm³/mol. The van der Waals surface area contributed by atoms with Gasteiger partial charge in [0.05, 0.1) is 79.3 Å². The van der Waals surface area contributed by atoms with Crippen molar-refractivity contribution in [3.8, 4) is 0 Å². The molecule has 46 heavy (non-hydrogen) atoms. The van der Waals surface area contributed by atoms with Gasteiger partial charge in [-0.2, -0.15) is 0 Å². The molecule has 244 valence electrons. The molecule has 6 rings (SSSR count). The highest BCUT2D eigenvalue weighted by Gasteiger charge is 2.38. The molecule has 0 radical (unpaired) electrons. The maximum Gasteiger partial charge on any atom is 0.222 e. The van der Waals surface area contributed by atoms with E-state index in [9.17, 15) is 0 Å². The van der Waals surface area contributed by atoms with Crippen LogP contribution >= 0.6 is 0 Å². The first-order chi connectivity index (χ1) is 22.8. The molecule has 0 unspecified atom stereocenters. The van der Waals surface area contributed by atoms with Crippen molar-refractivity contribution in [2.45, 2.75) is 11.6 Å². The molecule has 2 aliphatic heterocycles. The van der Waals surface area contributed by atoms with E-state index >= 15 is 0 Å². The van der Waals surface area contributed by atoms with Crippen molar-refractivity contribution in [1.29, 1.82) is 0 Å². The summed E-state index contributed by atoms with van der Waals surface area (Å²) in [5, 5.41) is 0. The lowest BCUT2D eigenvalue weighted by atomic mass is 9.97. The first-order valence-corrected chi connectivity index (χ1v) is 15.9. The van der Waals surface area contributed by atoms with E-state index in [4.69, 9.17) is 37.9 Å². The minimum Gasteiger partial charge on any atom is -0.377 e. The summed E-state index contributed by atoms with van der Waals surface area (Å²) in [6.45, 7) is 6.13. The van der Waals surface area contributed by atoms with E-state index in [-0.39, 0.29) is 0 Å². The Morgan fingerprint density at radius 2 is 0.457 bits per heavy atom. The van der Waals surface area contributed by atoms with Crippen molar-refractivity contribution >= 4 is 0 Å². The summed E-state index contributed by atoms with van der Waals surface area (Å²) in [4.78, 5) is 0. The van der Waals surface area contributed by atoms with Gasteiger partial charge in [-0.15, -0.1) is 0 Å². The molecule has 0 N–H and O–H groups in total. The molecule has 8 heteroatoms. The second-order valence-electron chi connectivity index (χ2n) is 10.5. The molecule has 2 saturated heterocycles. The zero-order valence-electron chi connectivity index (χ0n) is 26.3.